The van der Waals surface area contributed by atoms with Gasteiger partial charge >= 0.3 is 6.18 Å². The predicted molar refractivity (Wildman–Crippen MR) is 103 cm³/mol. The number of alkyl halides is 3. The van der Waals surface area contributed by atoms with E-state index in [1.165, 1.54) is 12.3 Å². The van der Waals surface area contributed by atoms with Crippen LogP contribution in [0.15, 0.2) is 70.2 Å². The van der Waals surface area contributed by atoms with Crippen LogP contribution in [0.5, 0.6) is 0 Å². The highest BCUT2D eigenvalue weighted by atomic mass is 32.2. The Bertz CT molecular complexity index is 1160. The second-order valence-electron chi connectivity index (χ2n) is 6.24. The van der Waals surface area contributed by atoms with E-state index in [0.717, 1.165) is 12.1 Å². The first-order valence-electron chi connectivity index (χ1n) is 8.46. The number of amides is 1. The molecule has 0 bridgehead atoms. The summed E-state index contributed by atoms with van der Waals surface area (Å²) in [5.74, 6) is -0.355. The van der Waals surface area contributed by atoms with Gasteiger partial charge in [0.05, 0.1) is 16.7 Å². The van der Waals surface area contributed by atoms with E-state index in [1.54, 1.807) is 30.3 Å². The number of halogens is 3. The molecule has 7 nitrogen and oxygen atoms in total. The minimum Gasteiger partial charge on any atom is -0.459 e. The van der Waals surface area contributed by atoms with Crippen molar-refractivity contribution in [3.05, 3.63) is 77.7 Å². The lowest BCUT2D eigenvalue weighted by Gasteiger charge is -2.16. The second kappa shape index (κ2) is 8.20. The number of hydrogen-bond donors (Lipinski definition) is 3. The molecule has 0 aliphatic heterocycles. The lowest BCUT2D eigenvalue weighted by molar-refractivity contribution is -0.137. The van der Waals surface area contributed by atoms with Crippen molar-refractivity contribution in [2.45, 2.75) is 17.6 Å². The van der Waals surface area contributed by atoms with E-state index in [4.69, 9.17) is 9.56 Å². The molecule has 0 unspecified atom stereocenters. The van der Waals surface area contributed by atoms with Crippen molar-refractivity contribution in [3.63, 3.8) is 0 Å². The van der Waals surface area contributed by atoms with Crippen LogP contribution in [0.2, 0.25) is 0 Å². The Labute approximate surface area is 169 Å². The first-order chi connectivity index (χ1) is 14.0. The van der Waals surface area contributed by atoms with E-state index in [-0.39, 0.29) is 18.0 Å². The molecule has 30 heavy (non-hydrogen) atoms. The zero-order valence-electron chi connectivity index (χ0n) is 15.2. The molecule has 11 heteroatoms. The zero-order chi connectivity index (χ0) is 21.9. The minimum atomic E-state index is -4.79. The first-order valence-corrected chi connectivity index (χ1v) is 10.0. The molecule has 3 rings (SSSR count). The monoisotopic (exact) mass is 439 g/mol. The van der Waals surface area contributed by atoms with Crippen molar-refractivity contribution >= 4 is 27.3 Å². The summed E-state index contributed by atoms with van der Waals surface area (Å²) in [5, 5.41) is 10.2. The molecule has 1 heterocycles. The van der Waals surface area contributed by atoms with Gasteiger partial charge in [0.25, 0.3) is 5.91 Å². The van der Waals surface area contributed by atoms with Gasteiger partial charge in [-0.1, -0.05) is 12.1 Å². The second-order valence-corrected chi connectivity index (χ2v) is 7.80. The van der Waals surface area contributed by atoms with Crippen molar-refractivity contribution in [1.82, 2.24) is 0 Å². The molecule has 0 fully saturated rings. The van der Waals surface area contributed by atoms with Gasteiger partial charge in [0.1, 0.15) is 0 Å². The Morgan fingerprint density at radius 1 is 1.07 bits per heavy atom. The van der Waals surface area contributed by atoms with Gasteiger partial charge < -0.3 is 15.1 Å². The van der Waals surface area contributed by atoms with Crippen LogP contribution in [0.3, 0.4) is 0 Å². The van der Waals surface area contributed by atoms with E-state index in [1.807, 2.05) is 0 Å². The fourth-order valence-corrected chi connectivity index (χ4v) is 3.19. The number of nitrogens with two attached hydrogens (primary N) is 1. The normalized spacial score (nSPS) is 11.9. The molecule has 0 aliphatic carbocycles. The highest BCUT2D eigenvalue weighted by molar-refractivity contribution is 7.89. The molecule has 0 saturated carbocycles. The van der Waals surface area contributed by atoms with Gasteiger partial charge in [-0.2, -0.15) is 13.2 Å². The Kier molecular flexibility index (Phi) is 5.85. The van der Waals surface area contributed by atoms with Crippen LogP contribution in [-0.2, 0) is 22.7 Å². The number of furan rings is 1. The molecule has 4 N–H and O–H groups in total. The molecule has 1 aromatic heterocycles. The van der Waals surface area contributed by atoms with Gasteiger partial charge in [-0.05, 0) is 48.0 Å². The molecule has 0 aliphatic rings. The maximum Gasteiger partial charge on any atom is 0.418 e. The average molecular weight is 439 g/mol. The van der Waals surface area contributed by atoms with Gasteiger partial charge in [-0.3, -0.25) is 4.79 Å². The number of sulfonamides is 1. The summed E-state index contributed by atoms with van der Waals surface area (Å²) in [6.45, 7) is -0.0116. The highest BCUT2D eigenvalue weighted by Crippen LogP contribution is 2.36. The molecule has 0 saturated heterocycles. The summed E-state index contributed by atoms with van der Waals surface area (Å²) in [7, 11) is -4.28. The molecular formula is C19H16F3N3O4S. The summed E-state index contributed by atoms with van der Waals surface area (Å²) in [6, 6.07) is 12.0. The van der Waals surface area contributed by atoms with Gasteiger partial charge in [0, 0.05) is 17.9 Å². The number of primary sulfonamides is 1. The average Bonchev–Trinajstić information content (AvgIpc) is 3.20. The standard InChI is InChI=1S/C19H16F3N3O4S/c20-19(21,22)15-10-14(30(23,27)28)6-7-16(15)24-11-12-3-1-4-13(9-12)25-18(26)17-5-2-8-29-17/h1-10,24H,11H2,(H,25,26)(H2,23,27,28). The topological polar surface area (TPSA) is 114 Å². The Morgan fingerprint density at radius 3 is 2.47 bits per heavy atom. The summed E-state index contributed by atoms with van der Waals surface area (Å²) in [4.78, 5) is 11.4. The molecule has 1 amide bonds. The van der Waals surface area contributed by atoms with Crippen molar-refractivity contribution in [2.24, 2.45) is 5.14 Å². The third-order valence-corrected chi connectivity index (χ3v) is 4.95. The van der Waals surface area contributed by atoms with Gasteiger partial charge in [-0.25, -0.2) is 13.6 Å². The van der Waals surface area contributed by atoms with E-state index < -0.39 is 32.6 Å². The van der Waals surface area contributed by atoms with Crippen LogP contribution < -0.4 is 15.8 Å². The summed E-state index contributed by atoms with van der Waals surface area (Å²) >= 11 is 0. The molecule has 0 radical (unpaired) electrons. The van der Waals surface area contributed by atoms with E-state index >= 15 is 0 Å². The van der Waals surface area contributed by atoms with Crippen LogP contribution in [0.1, 0.15) is 21.7 Å². The van der Waals surface area contributed by atoms with Gasteiger partial charge in [-0.15, -0.1) is 0 Å². The molecule has 0 atom stereocenters. The van der Waals surface area contributed by atoms with Gasteiger partial charge in [0.15, 0.2) is 5.76 Å². The number of carbonyl (C=O) groups is 1. The fraction of sp³-hybridized carbons (Fsp3) is 0.105. The smallest absolute Gasteiger partial charge is 0.418 e. The third-order valence-electron chi connectivity index (χ3n) is 4.04. The number of hydrogen-bond acceptors (Lipinski definition) is 5. The lowest BCUT2D eigenvalue weighted by atomic mass is 10.1. The van der Waals surface area contributed by atoms with Crippen molar-refractivity contribution in [1.29, 1.82) is 0 Å². The van der Waals surface area contributed by atoms with Crippen LogP contribution in [0, 0.1) is 0 Å². The Morgan fingerprint density at radius 2 is 1.83 bits per heavy atom. The first kappa shape index (κ1) is 21.4. The van der Waals surface area contributed by atoms with Crippen LogP contribution in [-0.4, -0.2) is 14.3 Å². The highest BCUT2D eigenvalue weighted by Gasteiger charge is 2.34. The lowest BCUT2D eigenvalue weighted by Crippen LogP contribution is -2.16. The minimum absolute atomic E-state index is 0.0116. The molecule has 2 aromatic carbocycles. The third kappa shape index (κ3) is 5.19. The number of rotatable bonds is 6. The zero-order valence-corrected chi connectivity index (χ0v) is 16.0. The summed E-state index contributed by atoms with van der Waals surface area (Å²) in [5.41, 5.74) is -0.455. The number of nitrogens with one attached hydrogen (secondary N) is 2. The van der Waals surface area contributed by atoms with Gasteiger partial charge in [0.2, 0.25) is 10.0 Å². The maximum absolute atomic E-state index is 13.4. The molecular weight excluding hydrogens is 423 g/mol. The maximum atomic E-state index is 13.4. The van der Waals surface area contributed by atoms with Crippen molar-refractivity contribution in [2.75, 3.05) is 10.6 Å². The van der Waals surface area contributed by atoms with E-state index in [9.17, 15) is 26.4 Å². The fourth-order valence-electron chi connectivity index (χ4n) is 2.65. The Balaban J connectivity index is 1.78. The largest absolute Gasteiger partial charge is 0.459 e. The Hall–Kier alpha value is -3.31. The van der Waals surface area contributed by atoms with Crippen molar-refractivity contribution < 1.29 is 30.8 Å². The van der Waals surface area contributed by atoms with Crippen molar-refractivity contribution in [3.8, 4) is 0 Å². The van der Waals surface area contributed by atoms with Crippen LogP contribution in [0.4, 0.5) is 24.5 Å². The van der Waals surface area contributed by atoms with Crippen LogP contribution in [0.25, 0.3) is 0 Å². The quantitative estimate of drug-likeness (QED) is 0.540. The van der Waals surface area contributed by atoms with E-state index in [0.29, 0.717) is 17.3 Å². The van der Waals surface area contributed by atoms with Crippen LogP contribution >= 0.6 is 0 Å². The summed E-state index contributed by atoms with van der Waals surface area (Å²) in [6.07, 6.45) is -3.43. The molecule has 0 spiro atoms. The van der Waals surface area contributed by atoms with E-state index in [2.05, 4.69) is 10.6 Å². The SMILES string of the molecule is NS(=O)(=O)c1ccc(NCc2cccc(NC(=O)c3ccco3)c2)c(C(F)(F)F)c1. The number of carbonyl (C=O) groups excluding carboxylic acids is 1. The predicted octanol–water partition coefficient (Wildman–Crippen LogP) is 3.81. The number of benzene rings is 2. The molecule has 3 aromatic rings. The molecule has 158 valence electrons. The number of anilines is 2. The summed E-state index contributed by atoms with van der Waals surface area (Å²) < 4.78 is 67.8.